The van der Waals surface area contributed by atoms with Gasteiger partial charge < -0.3 is 18.8 Å². The second-order valence-corrected chi connectivity index (χ2v) is 6.58. The van der Waals surface area contributed by atoms with Crippen molar-refractivity contribution >= 4 is 22.6 Å². The van der Waals surface area contributed by atoms with Crippen molar-refractivity contribution in [2.45, 2.75) is 0 Å². The molecule has 0 aliphatic heterocycles. The van der Waals surface area contributed by atoms with Gasteiger partial charge in [0.25, 0.3) is 5.91 Å². The second kappa shape index (κ2) is 8.53. The van der Waals surface area contributed by atoms with E-state index in [1.54, 1.807) is 37.4 Å². The quantitative estimate of drug-likeness (QED) is 0.471. The van der Waals surface area contributed by atoms with Crippen molar-refractivity contribution in [2.24, 2.45) is 0 Å². The third-order valence-corrected chi connectivity index (χ3v) is 4.57. The fourth-order valence-corrected chi connectivity index (χ4v) is 2.90. The van der Waals surface area contributed by atoms with Crippen molar-refractivity contribution in [1.29, 1.82) is 0 Å². The zero-order valence-corrected chi connectivity index (χ0v) is 16.3. The molecule has 0 atom stereocenters. The normalized spacial score (nSPS) is 10.6. The molecule has 150 valence electrons. The molecule has 0 saturated heterocycles. The highest BCUT2D eigenvalue weighted by Crippen LogP contribution is 2.24. The number of anilines is 1. The SMILES string of the molecule is CN(C(=O)COc1ccc2c(=O)c(Oc3ccccc3)coc2c1)c1ccccc1. The fourth-order valence-electron chi connectivity index (χ4n) is 2.90. The lowest BCUT2D eigenvalue weighted by Gasteiger charge is -2.17. The monoisotopic (exact) mass is 401 g/mol. The van der Waals surface area contributed by atoms with E-state index in [1.165, 1.54) is 11.2 Å². The predicted octanol–water partition coefficient (Wildman–Crippen LogP) is 4.63. The summed E-state index contributed by atoms with van der Waals surface area (Å²) in [5.41, 5.74) is 0.842. The van der Waals surface area contributed by atoms with Gasteiger partial charge in [0.05, 0.1) is 5.39 Å². The molecule has 3 aromatic carbocycles. The summed E-state index contributed by atoms with van der Waals surface area (Å²) >= 11 is 0. The first-order valence-corrected chi connectivity index (χ1v) is 9.35. The Kier molecular flexibility index (Phi) is 5.48. The number of carbonyl (C=O) groups excluding carboxylic acids is 1. The Labute approximate surface area is 172 Å². The van der Waals surface area contributed by atoms with Gasteiger partial charge in [0.15, 0.2) is 6.61 Å². The minimum absolute atomic E-state index is 0.0991. The Morgan fingerprint density at radius 3 is 2.37 bits per heavy atom. The van der Waals surface area contributed by atoms with Crippen molar-refractivity contribution in [2.75, 3.05) is 18.6 Å². The molecule has 0 N–H and O–H groups in total. The molecule has 1 aromatic heterocycles. The summed E-state index contributed by atoms with van der Waals surface area (Å²) in [6.45, 7) is -0.143. The van der Waals surface area contributed by atoms with Crippen LogP contribution < -0.4 is 19.8 Å². The van der Waals surface area contributed by atoms with Crippen molar-refractivity contribution in [3.05, 3.63) is 95.3 Å². The van der Waals surface area contributed by atoms with Crippen LogP contribution in [0, 0.1) is 0 Å². The molecule has 0 unspecified atom stereocenters. The maximum Gasteiger partial charge on any atom is 0.264 e. The second-order valence-electron chi connectivity index (χ2n) is 6.58. The molecule has 6 heteroatoms. The van der Waals surface area contributed by atoms with Gasteiger partial charge in [-0.25, -0.2) is 0 Å². The van der Waals surface area contributed by atoms with Gasteiger partial charge in [-0.1, -0.05) is 36.4 Å². The molecule has 0 aliphatic rings. The van der Waals surface area contributed by atoms with Gasteiger partial charge in [0, 0.05) is 18.8 Å². The summed E-state index contributed by atoms with van der Waals surface area (Å²) in [6, 6.07) is 23.1. The molecular weight excluding hydrogens is 382 g/mol. The van der Waals surface area contributed by atoms with Gasteiger partial charge >= 0.3 is 0 Å². The van der Waals surface area contributed by atoms with Gasteiger partial charge in [-0.05, 0) is 36.4 Å². The van der Waals surface area contributed by atoms with Gasteiger partial charge in [0.2, 0.25) is 11.2 Å². The van der Waals surface area contributed by atoms with Gasteiger partial charge in [-0.3, -0.25) is 9.59 Å². The number of rotatable bonds is 6. The van der Waals surface area contributed by atoms with Gasteiger partial charge in [-0.15, -0.1) is 0 Å². The van der Waals surface area contributed by atoms with Crippen LogP contribution in [0.2, 0.25) is 0 Å². The highest BCUT2D eigenvalue weighted by Gasteiger charge is 2.13. The number of hydrogen-bond donors (Lipinski definition) is 0. The number of nitrogens with zero attached hydrogens (tertiary/aromatic N) is 1. The lowest BCUT2D eigenvalue weighted by molar-refractivity contribution is -0.120. The van der Waals surface area contributed by atoms with Crippen molar-refractivity contribution in [3.63, 3.8) is 0 Å². The smallest absolute Gasteiger partial charge is 0.264 e. The first-order valence-electron chi connectivity index (χ1n) is 9.35. The average molecular weight is 401 g/mol. The highest BCUT2D eigenvalue weighted by molar-refractivity contribution is 5.93. The van der Waals surface area contributed by atoms with Crippen LogP contribution in [-0.2, 0) is 4.79 Å². The maximum atomic E-state index is 12.7. The predicted molar refractivity (Wildman–Crippen MR) is 114 cm³/mol. The zero-order valence-electron chi connectivity index (χ0n) is 16.3. The van der Waals surface area contributed by atoms with Crippen LogP contribution in [0.25, 0.3) is 11.0 Å². The number of hydrogen-bond acceptors (Lipinski definition) is 5. The number of para-hydroxylation sites is 2. The molecule has 0 bridgehead atoms. The molecule has 0 spiro atoms. The van der Waals surface area contributed by atoms with Crippen LogP contribution in [0.15, 0.2) is 94.3 Å². The summed E-state index contributed by atoms with van der Waals surface area (Å²) in [6.07, 6.45) is 1.27. The molecule has 1 amide bonds. The number of benzene rings is 3. The molecule has 1 heterocycles. The lowest BCUT2D eigenvalue weighted by atomic mass is 10.2. The molecule has 6 nitrogen and oxygen atoms in total. The molecule has 0 fully saturated rings. The minimum atomic E-state index is -0.286. The Bertz CT molecular complexity index is 1220. The summed E-state index contributed by atoms with van der Waals surface area (Å²) < 4.78 is 16.8. The first kappa shape index (κ1) is 19.3. The van der Waals surface area contributed by atoms with E-state index in [1.807, 2.05) is 48.5 Å². The van der Waals surface area contributed by atoms with E-state index in [-0.39, 0.29) is 23.7 Å². The standard InChI is InChI=1S/C24H19NO5/c1-25(17-8-4-2-5-9-17)23(26)16-28-19-12-13-20-21(14-19)29-15-22(24(20)27)30-18-10-6-3-7-11-18/h2-15H,16H2,1H3. The van der Waals surface area contributed by atoms with E-state index in [0.717, 1.165) is 5.69 Å². The molecule has 0 radical (unpaired) electrons. The number of amides is 1. The van der Waals surface area contributed by atoms with Crippen molar-refractivity contribution in [3.8, 4) is 17.2 Å². The van der Waals surface area contributed by atoms with Crippen LogP contribution >= 0.6 is 0 Å². The lowest BCUT2D eigenvalue weighted by Crippen LogP contribution is -2.31. The van der Waals surface area contributed by atoms with Crippen LogP contribution in [0.5, 0.6) is 17.2 Å². The number of fused-ring (bicyclic) bond motifs is 1. The van der Waals surface area contributed by atoms with E-state index < -0.39 is 0 Å². The molecule has 0 aliphatic carbocycles. The highest BCUT2D eigenvalue weighted by atomic mass is 16.5. The Balaban J connectivity index is 1.48. The van der Waals surface area contributed by atoms with E-state index in [0.29, 0.717) is 22.5 Å². The number of likely N-dealkylation sites (N-methyl/N-ethyl adjacent to an activating group) is 1. The largest absolute Gasteiger partial charge is 0.484 e. The summed E-state index contributed by atoms with van der Waals surface area (Å²) in [5.74, 6) is 0.874. The zero-order chi connectivity index (χ0) is 20.9. The van der Waals surface area contributed by atoms with E-state index in [9.17, 15) is 9.59 Å². The Hall–Kier alpha value is -4.06. The molecule has 0 saturated carbocycles. The van der Waals surface area contributed by atoms with Crippen LogP contribution in [0.3, 0.4) is 0 Å². The van der Waals surface area contributed by atoms with Crippen LogP contribution in [0.1, 0.15) is 0 Å². The number of ether oxygens (including phenoxy) is 2. The van der Waals surface area contributed by atoms with Crippen LogP contribution in [-0.4, -0.2) is 19.6 Å². The molecular formula is C24H19NO5. The van der Waals surface area contributed by atoms with E-state index >= 15 is 0 Å². The Morgan fingerprint density at radius 1 is 0.933 bits per heavy atom. The van der Waals surface area contributed by atoms with Gasteiger partial charge in [-0.2, -0.15) is 0 Å². The molecule has 4 rings (SSSR count). The first-order chi connectivity index (χ1) is 14.6. The minimum Gasteiger partial charge on any atom is -0.484 e. The van der Waals surface area contributed by atoms with Crippen LogP contribution in [0.4, 0.5) is 5.69 Å². The fraction of sp³-hybridized carbons (Fsp3) is 0.0833. The average Bonchev–Trinajstić information content (AvgIpc) is 2.80. The molecule has 4 aromatic rings. The third-order valence-electron chi connectivity index (χ3n) is 4.57. The summed E-state index contributed by atoms with van der Waals surface area (Å²) in [4.78, 5) is 26.6. The van der Waals surface area contributed by atoms with Gasteiger partial charge in [0.1, 0.15) is 23.3 Å². The van der Waals surface area contributed by atoms with Crippen molar-refractivity contribution in [1.82, 2.24) is 0 Å². The summed E-state index contributed by atoms with van der Waals surface area (Å²) in [5, 5.41) is 0.364. The summed E-state index contributed by atoms with van der Waals surface area (Å²) in [7, 11) is 1.69. The van der Waals surface area contributed by atoms with E-state index in [4.69, 9.17) is 13.9 Å². The Morgan fingerprint density at radius 2 is 1.63 bits per heavy atom. The van der Waals surface area contributed by atoms with E-state index in [2.05, 4.69) is 0 Å². The third kappa shape index (κ3) is 4.17. The maximum absolute atomic E-state index is 12.7. The number of carbonyl (C=O) groups is 1. The topological polar surface area (TPSA) is 69.0 Å². The van der Waals surface area contributed by atoms with Crippen molar-refractivity contribution < 1.29 is 18.7 Å². The molecule has 30 heavy (non-hydrogen) atoms.